The average Bonchev–Trinajstić information content (AvgIpc) is 2.25. The molecule has 0 aromatic rings. The summed E-state index contributed by atoms with van der Waals surface area (Å²) in [5, 5.41) is 0. The van der Waals surface area contributed by atoms with E-state index in [0.717, 1.165) is 0 Å². The molecule has 100 valence electrons. The first-order valence-corrected chi connectivity index (χ1v) is 5.13. The largest absolute Gasteiger partial charge is 0.467 e. The van der Waals surface area contributed by atoms with Gasteiger partial charge in [-0.3, -0.25) is 0 Å². The molecule has 0 saturated heterocycles. The number of carbonyl (C=O) groups excluding carboxylic acids is 2. The summed E-state index contributed by atoms with van der Waals surface area (Å²) in [6.45, 7) is 5.27. The van der Waals surface area contributed by atoms with Gasteiger partial charge in [-0.2, -0.15) is 0 Å². The summed E-state index contributed by atoms with van der Waals surface area (Å²) in [4.78, 5) is 23.0. The molecule has 0 aromatic heterocycles. The second-order valence-electron chi connectivity index (χ2n) is 4.35. The summed E-state index contributed by atoms with van der Waals surface area (Å²) in [5.74, 6) is -1.37. The smallest absolute Gasteiger partial charge is 0.338 e. The van der Waals surface area contributed by atoms with Gasteiger partial charge in [-0.25, -0.2) is 9.59 Å². The zero-order chi connectivity index (χ0) is 13.6. The molecule has 0 N–H and O–H groups in total. The van der Waals surface area contributed by atoms with Crippen LogP contribution in [0, 0.1) is 0 Å². The highest BCUT2D eigenvalue weighted by Gasteiger charge is 2.39. The molecular weight excluding hydrogens is 228 g/mol. The summed E-state index contributed by atoms with van der Waals surface area (Å²) in [6, 6.07) is 0. The Morgan fingerprint density at radius 1 is 0.882 bits per heavy atom. The summed E-state index contributed by atoms with van der Waals surface area (Å²) in [7, 11) is 3.72. The first-order chi connectivity index (χ1) is 7.76. The van der Waals surface area contributed by atoms with E-state index in [0.29, 0.717) is 0 Å². The fourth-order valence-electron chi connectivity index (χ4n) is 1.19. The molecule has 6 heteroatoms. The van der Waals surface area contributed by atoms with Gasteiger partial charge in [-0.1, -0.05) is 0 Å². The first-order valence-electron chi connectivity index (χ1n) is 5.13. The van der Waals surface area contributed by atoms with E-state index in [9.17, 15) is 9.59 Å². The van der Waals surface area contributed by atoms with Crippen molar-refractivity contribution >= 4 is 11.9 Å². The van der Waals surface area contributed by atoms with E-state index in [-0.39, 0.29) is 0 Å². The molecule has 17 heavy (non-hydrogen) atoms. The quantitative estimate of drug-likeness (QED) is 0.661. The van der Waals surface area contributed by atoms with Gasteiger partial charge in [0.05, 0.1) is 19.8 Å². The van der Waals surface area contributed by atoms with Gasteiger partial charge in [0.25, 0.3) is 0 Å². The lowest BCUT2D eigenvalue weighted by Crippen LogP contribution is -2.47. The van der Waals surface area contributed by atoms with Crippen molar-refractivity contribution in [2.24, 2.45) is 0 Å². The lowest BCUT2D eigenvalue weighted by atomic mass is 10.1. The summed E-state index contributed by atoms with van der Waals surface area (Å²) >= 11 is 0. The Kier molecular flexibility index (Phi) is 6.12. The third kappa shape index (κ3) is 5.14. The van der Waals surface area contributed by atoms with Gasteiger partial charge in [0.2, 0.25) is 0 Å². The van der Waals surface area contributed by atoms with Crippen molar-refractivity contribution < 1.29 is 28.5 Å². The van der Waals surface area contributed by atoms with Crippen LogP contribution in [-0.4, -0.2) is 51.1 Å². The monoisotopic (exact) mass is 248 g/mol. The molecule has 0 rings (SSSR count). The van der Waals surface area contributed by atoms with Crippen molar-refractivity contribution in [1.29, 1.82) is 0 Å². The maximum atomic E-state index is 11.6. The van der Waals surface area contributed by atoms with Crippen LogP contribution in [0.1, 0.15) is 20.8 Å². The number of carbonyl (C=O) groups is 2. The van der Waals surface area contributed by atoms with Crippen LogP contribution in [0.25, 0.3) is 0 Å². The second kappa shape index (κ2) is 6.56. The van der Waals surface area contributed by atoms with Crippen LogP contribution in [0.5, 0.6) is 0 Å². The van der Waals surface area contributed by atoms with E-state index in [1.165, 1.54) is 21.3 Å². The number of methoxy groups -OCH3 is 3. The molecule has 6 nitrogen and oxygen atoms in total. The SMILES string of the molecule is COC(=O)[C@@H](OC(C)(C)C)[C@@H](OC)C(=O)OC. The van der Waals surface area contributed by atoms with Crippen molar-refractivity contribution in [2.75, 3.05) is 21.3 Å². The fraction of sp³-hybridized carbons (Fsp3) is 0.818. The lowest BCUT2D eigenvalue weighted by molar-refractivity contribution is -0.189. The van der Waals surface area contributed by atoms with Gasteiger partial charge in [0.15, 0.2) is 12.2 Å². The maximum absolute atomic E-state index is 11.6. The van der Waals surface area contributed by atoms with Gasteiger partial charge in [0.1, 0.15) is 0 Å². The Bertz CT molecular complexity index is 268. The highest BCUT2D eigenvalue weighted by Crippen LogP contribution is 2.17. The van der Waals surface area contributed by atoms with E-state index in [2.05, 4.69) is 9.47 Å². The zero-order valence-corrected chi connectivity index (χ0v) is 11.1. The van der Waals surface area contributed by atoms with Crippen LogP contribution in [-0.2, 0) is 28.5 Å². The van der Waals surface area contributed by atoms with Crippen LogP contribution >= 0.6 is 0 Å². The Morgan fingerprint density at radius 3 is 1.59 bits per heavy atom. The molecule has 0 aliphatic heterocycles. The molecule has 0 aliphatic carbocycles. The summed E-state index contributed by atoms with van der Waals surface area (Å²) < 4.78 is 19.5. The van der Waals surface area contributed by atoms with Crippen LogP contribution in [0.15, 0.2) is 0 Å². The Hall–Kier alpha value is -1.14. The highest BCUT2D eigenvalue weighted by molar-refractivity contribution is 5.85. The topological polar surface area (TPSA) is 71.1 Å². The van der Waals surface area contributed by atoms with Crippen molar-refractivity contribution in [3.63, 3.8) is 0 Å². The molecule has 0 spiro atoms. The van der Waals surface area contributed by atoms with Crippen LogP contribution in [0.4, 0.5) is 0 Å². The van der Waals surface area contributed by atoms with Crippen molar-refractivity contribution in [3.8, 4) is 0 Å². The summed E-state index contributed by atoms with van der Waals surface area (Å²) in [5.41, 5.74) is -0.621. The molecular formula is C11H20O6. The van der Waals surface area contributed by atoms with Crippen LogP contribution in [0.2, 0.25) is 0 Å². The normalized spacial score (nSPS) is 14.9. The van der Waals surface area contributed by atoms with Gasteiger partial charge in [-0.15, -0.1) is 0 Å². The molecule has 0 aromatic carbocycles. The number of rotatable bonds is 5. The predicted octanol–water partition coefficient (Wildman–Crippen LogP) is 0.531. The molecule has 0 bridgehead atoms. The first kappa shape index (κ1) is 15.9. The van der Waals surface area contributed by atoms with Gasteiger partial charge >= 0.3 is 11.9 Å². The third-order valence-corrected chi connectivity index (χ3v) is 1.88. The molecule has 0 unspecified atom stereocenters. The minimum atomic E-state index is -1.16. The van der Waals surface area contributed by atoms with Gasteiger partial charge in [-0.05, 0) is 20.8 Å². The number of hydrogen-bond donors (Lipinski definition) is 0. The number of esters is 2. The molecule has 2 atom stereocenters. The predicted molar refractivity (Wildman–Crippen MR) is 59.5 cm³/mol. The fourth-order valence-corrected chi connectivity index (χ4v) is 1.19. The average molecular weight is 248 g/mol. The third-order valence-electron chi connectivity index (χ3n) is 1.88. The zero-order valence-electron chi connectivity index (χ0n) is 11.1. The lowest BCUT2D eigenvalue weighted by Gasteiger charge is -2.29. The Morgan fingerprint density at radius 2 is 1.29 bits per heavy atom. The van der Waals surface area contributed by atoms with Crippen molar-refractivity contribution in [1.82, 2.24) is 0 Å². The summed E-state index contributed by atoms with van der Waals surface area (Å²) in [6.07, 6.45) is -2.30. The minimum Gasteiger partial charge on any atom is -0.467 e. The molecule has 0 heterocycles. The second-order valence-corrected chi connectivity index (χ2v) is 4.35. The molecule has 0 fully saturated rings. The molecule has 0 aliphatic rings. The van der Waals surface area contributed by atoms with Crippen LogP contribution < -0.4 is 0 Å². The van der Waals surface area contributed by atoms with E-state index in [4.69, 9.17) is 9.47 Å². The van der Waals surface area contributed by atoms with Gasteiger partial charge < -0.3 is 18.9 Å². The Balaban J connectivity index is 5.00. The van der Waals surface area contributed by atoms with E-state index in [1.54, 1.807) is 20.8 Å². The molecule has 0 saturated carbocycles. The standard InChI is InChI=1S/C11H20O6/c1-11(2,3)17-8(10(13)16-6)7(14-4)9(12)15-5/h7-8H,1-6H3/t7-,8+/m1/s1. The van der Waals surface area contributed by atoms with Gasteiger partial charge in [0, 0.05) is 7.11 Å². The molecule has 0 radical (unpaired) electrons. The minimum absolute atomic E-state index is 0.621. The van der Waals surface area contributed by atoms with E-state index >= 15 is 0 Å². The number of ether oxygens (including phenoxy) is 4. The maximum Gasteiger partial charge on any atom is 0.338 e. The highest BCUT2D eigenvalue weighted by atomic mass is 16.6. The van der Waals surface area contributed by atoms with E-state index < -0.39 is 29.7 Å². The molecule has 0 amide bonds. The van der Waals surface area contributed by atoms with Crippen LogP contribution in [0.3, 0.4) is 0 Å². The van der Waals surface area contributed by atoms with E-state index in [1.807, 2.05) is 0 Å². The van der Waals surface area contributed by atoms with Crippen molar-refractivity contribution in [3.05, 3.63) is 0 Å². The van der Waals surface area contributed by atoms with Crippen molar-refractivity contribution in [2.45, 2.75) is 38.6 Å². The number of hydrogen-bond acceptors (Lipinski definition) is 6. The Labute approximate surface area is 101 Å².